The number of fused-ring (bicyclic) bond motifs is 1. The molecule has 1 aliphatic rings. The van der Waals surface area contributed by atoms with E-state index in [1.807, 2.05) is 0 Å². The van der Waals surface area contributed by atoms with Gasteiger partial charge in [-0.2, -0.15) is 0 Å². The number of carboxylic acid groups (broad SMARTS) is 1. The van der Waals surface area contributed by atoms with Crippen molar-refractivity contribution < 1.29 is 53.0 Å². The summed E-state index contributed by atoms with van der Waals surface area (Å²) in [5.74, 6) is -3.70. The molecule has 186 valence electrons. The fourth-order valence-corrected chi connectivity index (χ4v) is 3.60. The molecular weight excluding hydrogens is 464 g/mol. The number of aliphatic carboxylic acids is 1. The van der Waals surface area contributed by atoms with E-state index in [-0.39, 0.29) is 40.9 Å². The van der Waals surface area contributed by atoms with Crippen molar-refractivity contribution in [2.45, 2.75) is 19.8 Å². The molecule has 0 amide bonds. The van der Waals surface area contributed by atoms with Crippen LogP contribution in [0.5, 0.6) is 28.7 Å². The van der Waals surface area contributed by atoms with Crippen LogP contribution in [0.3, 0.4) is 0 Å². The van der Waals surface area contributed by atoms with Gasteiger partial charge in [0, 0.05) is 37.1 Å². The van der Waals surface area contributed by atoms with Crippen molar-refractivity contribution in [1.82, 2.24) is 0 Å². The standard InChI is InChI=1S/C24H24O11/c1-12(25)32-10-17(27)23(24(28)29)22(15-6-5-14(30-3)7-18(15)31-4)16-8-20-21(34-11-33-20)9-19(16)35-13(2)26/h5-9,22,27H,10-11H2,1-4H3,(H,28,29)/b23-17+/t22-/m0/s1. The van der Waals surface area contributed by atoms with Gasteiger partial charge in [0.25, 0.3) is 0 Å². The molecule has 35 heavy (non-hydrogen) atoms. The third-order valence-corrected chi connectivity index (χ3v) is 5.06. The lowest BCUT2D eigenvalue weighted by molar-refractivity contribution is -0.141. The van der Waals surface area contributed by atoms with Gasteiger partial charge < -0.3 is 38.6 Å². The van der Waals surface area contributed by atoms with Gasteiger partial charge in [-0.25, -0.2) is 4.79 Å². The van der Waals surface area contributed by atoms with E-state index < -0.39 is 41.8 Å². The van der Waals surface area contributed by atoms with Gasteiger partial charge in [0.1, 0.15) is 29.6 Å². The monoisotopic (exact) mass is 488 g/mol. The Morgan fingerprint density at radius 1 is 0.914 bits per heavy atom. The van der Waals surface area contributed by atoms with E-state index in [9.17, 15) is 24.6 Å². The minimum Gasteiger partial charge on any atom is -0.508 e. The first kappa shape index (κ1) is 25.2. The molecule has 0 aromatic heterocycles. The molecule has 2 aromatic rings. The number of rotatable bonds is 9. The summed E-state index contributed by atoms with van der Waals surface area (Å²) in [5, 5.41) is 20.9. The van der Waals surface area contributed by atoms with E-state index in [1.54, 1.807) is 12.1 Å². The highest BCUT2D eigenvalue weighted by molar-refractivity contribution is 5.91. The number of hydrogen-bond acceptors (Lipinski definition) is 10. The van der Waals surface area contributed by atoms with Crippen LogP contribution >= 0.6 is 0 Å². The summed E-state index contributed by atoms with van der Waals surface area (Å²) >= 11 is 0. The van der Waals surface area contributed by atoms with Crippen molar-refractivity contribution in [2.24, 2.45) is 0 Å². The summed E-state index contributed by atoms with van der Waals surface area (Å²) in [5.41, 5.74) is -0.103. The molecule has 0 unspecified atom stereocenters. The van der Waals surface area contributed by atoms with Crippen LogP contribution in [-0.4, -0.2) is 55.7 Å². The van der Waals surface area contributed by atoms with Gasteiger partial charge in [0.05, 0.1) is 25.7 Å². The van der Waals surface area contributed by atoms with Crippen LogP contribution in [-0.2, 0) is 19.1 Å². The summed E-state index contributed by atoms with van der Waals surface area (Å²) in [6.07, 6.45) is 0. The lowest BCUT2D eigenvalue weighted by Gasteiger charge is -2.24. The maximum absolute atomic E-state index is 12.5. The number of carboxylic acids is 1. The molecule has 0 radical (unpaired) electrons. The zero-order valence-electron chi connectivity index (χ0n) is 19.4. The third kappa shape index (κ3) is 5.57. The number of carbonyl (C=O) groups is 3. The van der Waals surface area contributed by atoms with E-state index in [4.69, 9.17) is 28.4 Å². The quantitative estimate of drug-likeness (QED) is 0.232. The molecule has 0 aliphatic carbocycles. The van der Waals surface area contributed by atoms with E-state index in [2.05, 4.69) is 0 Å². The summed E-state index contributed by atoms with van der Waals surface area (Å²) in [6.45, 7) is 1.52. The summed E-state index contributed by atoms with van der Waals surface area (Å²) in [6, 6.07) is 7.50. The second-order valence-electron chi connectivity index (χ2n) is 7.32. The number of methoxy groups -OCH3 is 2. The van der Waals surface area contributed by atoms with Gasteiger partial charge >= 0.3 is 17.9 Å². The Morgan fingerprint density at radius 2 is 1.60 bits per heavy atom. The van der Waals surface area contributed by atoms with Crippen molar-refractivity contribution in [1.29, 1.82) is 0 Å². The normalized spacial score (nSPS) is 13.4. The second-order valence-corrected chi connectivity index (χ2v) is 7.32. The van der Waals surface area contributed by atoms with E-state index in [0.717, 1.165) is 6.92 Å². The van der Waals surface area contributed by atoms with Gasteiger partial charge in [0.2, 0.25) is 6.79 Å². The minimum atomic E-state index is -1.51. The summed E-state index contributed by atoms with van der Waals surface area (Å²) < 4.78 is 31.7. The molecule has 0 bridgehead atoms. The average Bonchev–Trinajstić information content (AvgIpc) is 3.27. The smallest absolute Gasteiger partial charge is 0.336 e. The largest absolute Gasteiger partial charge is 0.508 e. The summed E-state index contributed by atoms with van der Waals surface area (Å²) in [4.78, 5) is 35.7. The average molecular weight is 488 g/mol. The van der Waals surface area contributed by atoms with E-state index in [0.29, 0.717) is 5.75 Å². The van der Waals surface area contributed by atoms with Crippen LogP contribution in [0.25, 0.3) is 0 Å². The number of aliphatic hydroxyl groups excluding tert-OH is 1. The molecule has 11 heteroatoms. The van der Waals surface area contributed by atoms with Gasteiger partial charge in [-0.15, -0.1) is 0 Å². The van der Waals surface area contributed by atoms with Crippen molar-refractivity contribution >= 4 is 17.9 Å². The Hall–Kier alpha value is -4.41. The number of carbonyl (C=O) groups excluding carboxylic acids is 2. The summed E-state index contributed by atoms with van der Waals surface area (Å²) in [7, 11) is 2.83. The van der Waals surface area contributed by atoms with Crippen molar-refractivity contribution in [2.75, 3.05) is 27.6 Å². The minimum absolute atomic E-state index is 0.0244. The topological polar surface area (TPSA) is 147 Å². The highest BCUT2D eigenvalue weighted by Crippen LogP contribution is 2.47. The Bertz CT molecular complexity index is 1180. The zero-order chi connectivity index (χ0) is 25.7. The van der Waals surface area contributed by atoms with Crippen LogP contribution in [0.2, 0.25) is 0 Å². The lowest BCUT2D eigenvalue weighted by Crippen LogP contribution is -2.20. The number of benzene rings is 2. The first-order chi connectivity index (χ1) is 16.7. The van der Waals surface area contributed by atoms with Crippen molar-refractivity contribution in [3.8, 4) is 28.7 Å². The van der Waals surface area contributed by atoms with Crippen molar-refractivity contribution in [3.05, 3.63) is 52.8 Å². The molecule has 2 N–H and O–H groups in total. The van der Waals surface area contributed by atoms with Crippen LogP contribution in [0.15, 0.2) is 41.7 Å². The molecular formula is C24H24O11. The van der Waals surface area contributed by atoms with Gasteiger partial charge in [-0.3, -0.25) is 9.59 Å². The second kappa shape index (κ2) is 10.7. The number of hydrogen-bond donors (Lipinski definition) is 2. The van der Waals surface area contributed by atoms with Gasteiger partial charge in [-0.05, 0) is 12.1 Å². The molecule has 0 saturated heterocycles. The van der Waals surface area contributed by atoms with Crippen molar-refractivity contribution in [3.63, 3.8) is 0 Å². The zero-order valence-corrected chi connectivity index (χ0v) is 19.4. The van der Waals surface area contributed by atoms with Crippen LogP contribution in [0.1, 0.15) is 30.9 Å². The Kier molecular flexibility index (Phi) is 7.69. The molecule has 2 aromatic carbocycles. The van der Waals surface area contributed by atoms with Crippen LogP contribution in [0, 0.1) is 0 Å². The van der Waals surface area contributed by atoms with E-state index in [1.165, 1.54) is 39.3 Å². The van der Waals surface area contributed by atoms with Crippen LogP contribution in [0.4, 0.5) is 0 Å². The fourth-order valence-electron chi connectivity index (χ4n) is 3.60. The third-order valence-electron chi connectivity index (χ3n) is 5.06. The molecule has 1 atom stereocenters. The predicted molar refractivity (Wildman–Crippen MR) is 119 cm³/mol. The number of aliphatic hydroxyl groups is 1. The molecule has 3 rings (SSSR count). The Labute approximate surface area is 200 Å². The van der Waals surface area contributed by atoms with Crippen LogP contribution < -0.4 is 23.7 Å². The molecule has 1 heterocycles. The first-order valence-corrected chi connectivity index (χ1v) is 10.3. The molecule has 11 nitrogen and oxygen atoms in total. The predicted octanol–water partition coefficient (Wildman–Crippen LogP) is 2.95. The van der Waals surface area contributed by atoms with E-state index >= 15 is 0 Å². The Balaban J connectivity index is 2.35. The maximum Gasteiger partial charge on any atom is 0.336 e. The molecule has 0 spiro atoms. The lowest BCUT2D eigenvalue weighted by atomic mass is 9.82. The molecule has 1 aliphatic heterocycles. The van der Waals surface area contributed by atoms with Gasteiger partial charge in [0.15, 0.2) is 11.5 Å². The molecule has 0 fully saturated rings. The molecule has 0 saturated carbocycles. The first-order valence-electron chi connectivity index (χ1n) is 10.3. The highest BCUT2D eigenvalue weighted by atomic mass is 16.7. The SMILES string of the molecule is COc1ccc([C@H](/C(C(=O)O)=C(\O)COC(C)=O)c2cc3c(cc2OC(C)=O)OCO3)c(OC)c1. The Morgan fingerprint density at radius 3 is 2.17 bits per heavy atom. The van der Waals surface area contributed by atoms with Gasteiger partial charge in [-0.1, -0.05) is 6.07 Å². The number of ether oxygens (including phenoxy) is 6. The maximum atomic E-state index is 12.5. The highest BCUT2D eigenvalue weighted by Gasteiger charge is 2.35. The fraction of sp³-hybridized carbons (Fsp3) is 0.292. The number of esters is 2.